The summed E-state index contributed by atoms with van der Waals surface area (Å²) in [5.41, 5.74) is 1.87. The van der Waals surface area contributed by atoms with Gasteiger partial charge in [0.2, 0.25) is 5.95 Å². The molecule has 4 rings (SSSR count). The number of anilines is 3. The summed E-state index contributed by atoms with van der Waals surface area (Å²) in [4.78, 5) is 12.0. The van der Waals surface area contributed by atoms with Gasteiger partial charge in [-0.15, -0.1) is 0 Å². The number of aryl methyl sites for hydroxylation is 1. The number of hydrogen-bond acceptors (Lipinski definition) is 5. The van der Waals surface area contributed by atoms with Crippen LogP contribution in [0.15, 0.2) is 36.5 Å². The van der Waals surface area contributed by atoms with E-state index in [2.05, 4.69) is 29.2 Å². The van der Waals surface area contributed by atoms with E-state index in [1.54, 1.807) is 0 Å². The second-order valence-electron chi connectivity index (χ2n) is 7.22. The second-order valence-corrected chi connectivity index (χ2v) is 7.22. The maximum Gasteiger partial charge on any atom is 0.229 e. The number of fused-ring (bicyclic) bond motifs is 1. The lowest BCUT2D eigenvalue weighted by Crippen LogP contribution is -2.39. The van der Waals surface area contributed by atoms with Crippen molar-refractivity contribution in [2.45, 2.75) is 20.3 Å². The van der Waals surface area contributed by atoms with Gasteiger partial charge < -0.3 is 10.2 Å². The molecule has 1 aliphatic rings. The first-order chi connectivity index (χ1) is 12.1. The van der Waals surface area contributed by atoms with E-state index in [4.69, 9.17) is 9.97 Å². The zero-order chi connectivity index (χ0) is 17.4. The summed E-state index contributed by atoms with van der Waals surface area (Å²) in [7, 11) is 1.92. The summed E-state index contributed by atoms with van der Waals surface area (Å²) in [6.07, 6.45) is 3.09. The van der Waals surface area contributed by atoms with Crippen LogP contribution < -0.4 is 10.2 Å². The number of piperidine rings is 1. The molecular weight excluding hydrogens is 312 g/mol. The Labute approximate surface area is 147 Å². The van der Waals surface area contributed by atoms with Crippen LogP contribution in [0.4, 0.5) is 17.5 Å². The van der Waals surface area contributed by atoms with Crippen LogP contribution >= 0.6 is 0 Å². The van der Waals surface area contributed by atoms with E-state index in [0.717, 1.165) is 41.6 Å². The maximum absolute atomic E-state index is 4.85. The number of benzene rings is 1. The largest absolute Gasteiger partial charge is 0.340 e. The average Bonchev–Trinajstić information content (AvgIpc) is 2.96. The molecule has 6 heteroatoms. The first-order valence-corrected chi connectivity index (χ1v) is 8.87. The van der Waals surface area contributed by atoms with Crippen LogP contribution in [0.1, 0.15) is 20.3 Å². The molecule has 0 bridgehead atoms. The molecule has 1 N–H and O–H groups in total. The Balaban J connectivity index is 1.76. The van der Waals surface area contributed by atoms with Gasteiger partial charge in [0.1, 0.15) is 5.82 Å². The van der Waals surface area contributed by atoms with E-state index in [1.807, 2.05) is 48.3 Å². The number of nitrogens with one attached hydrogen (secondary N) is 1. The van der Waals surface area contributed by atoms with E-state index in [1.165, 1.54) is 6.42 Å². The number of aromatic nitrogens is 4. The van der Waals surface area contributed by atoms with Gasteiger partial charge in [0.15, 0.2) is 5.65 Å². The fourth-order valence-corrected chi connectivity index (χ4v) is 3.73. The van der Waals surface area contributed by atoms with Crippen molar-refractivity contribution in [1.82, 2.24) is 19.7 Å². The summed E-state index contributed by atoms with van der Waals surface area (Å²) >= 11 is 0. The highest BCUT2D eigenvalue weighted by atomic mass is 15.3. The van der Waals surface area contributed by atoms with Crippen molar-refractivity contribution in [3.63, 3.8) is 0 Å². The molecule has 130 valence electrons. The predicted molar refractivity (Wildman–Crippen MR) is 101 cm³/mol. The van der Waals surface area contributed by atoms with Crippen molar-refractivity contribution in [2.24, 2.45) is 18.9 Å². The van der Waals surface area contributed by atoms with Crippen LogP contribution in [-0.2, 0) is 7.05 Å². The van der Waals surface area contributed by atoms with E-state index >= 15 is 0 Å². The zero-order valence-corrected chi connectivity index (χ0v) is 15.0. The highest BCUT2D eigenvalue weighted by Gasteiger charge is 2.25. The minimum atomic E-state index is 0.653. The number of hydrogen-bond donors (Lipinski definition) is 1. The molecule has 3 aromatic rings. The van der Waals surface area contributed by atoms with Gasteiger partial charge in [0.05, 0.1) is 11.6 Å². The SMILES string of the molecule is C[C@@H]1C[C@@H](C)CN(c2nc(Nc3ccccc3)c3cnn(C)c3n2)C1. The highest BCUT2D eigenvalue weighted by molar-refractivity contribution is 5.89. The first kappa shape index (κ1) is 15.9. The molecule has 0 radical (unpaired) electrons. The van der Waals surface area contributed by atoms with Crippen LogP contribution in [-0.4, -0.2) is 32.8 Å². The molecule has 1 aromatic carbocycles. The minimum Gasteiger partial charge on any atom is -0.340 e. The molecule has 2 aromatic heterocycles. The molecule has 2 atom stereocenters. The number of para-hydroxylation sites is 1. The number of nitrogens with zero attached hydrogens (tertiary/aromatic N) is 5. The Morgan fingerprint density at radius 1 is 1.04 bits per heavy atom. The van der Waals surface area contributed by atoms with Crippen molar-refractivity contribution in [2.75, 3.05) is 23.3 Å². The average molecular weight is 336 g/mol. The van der Waals surface area contributed by atoms with E-state index < -0.39 is 0 Å². The molecule has 3 heterocycles. The summed E-state index contributed by atoms with van der Waals surface area (Å²) < 4.78 is 1.81. The lowest BCUT2D eigenvalue weighted by Gasteiger charge is -2.35. The maximum atomic E-state index is 4.85. The van der Waals surface area contributed by atoms with Crippen molar-refractivity contribution < 1.29 is 0 Å². The molecule has 1 fully saturated rings. The third kappa shape index (κ3) is 3.16. The van der Waals surface area contributed by atoms with Gasteiger partial charge >= 0.3 is 0 Å². The van der Waals surface area contributed by atoms with E-state index in [9.17, 15) is 0 Å². The Kier molecular flexibility index (Phi) is 4.03. The van der Waals surface area contributed by atoms with Gasteiger partial charge in [-0.05, 0) is 30.4 Å². The molecule has 0 spiro atoms. The molecule has 6 nitrogen and oxygen atoms in total. The molecule has 0 saturated carbocycles. The molecule has 0 amide bonds. The Hall–Kier alpha value is -2.63. The molecule has 0 aliphatic carbocycles. The third-order valence-electron chi connectivity index (χ3n) is 4.77. The predicted octanol–water partition coefficient (Wildman–Crippen LogP) is 3.59. The van der Waals surface area contributed by atoms with E-state index in [-0.39, 0.29) is 0 Å². The van der Waals surface area contributed by atoms with Crippen LogP contribution in [0.25, 0.3) is 11.0 Å². The van der Waals surface area contributed by atoms with Gasteiger partial charge in [0.25, 0.3) is 0 Å². The highest BCUT2D eigenvalue weighted by Crippen LogP contribution is 2.29. The smallest absolute Gasteiger partial charge is 0.229 e. The quantitative estimate of drug-likeness (QED) is 0.792. The summed E-state index contributed by atoms with van der Waals surface area (Å²) in [5.74, 6) is 2.90. The summed E-state index contributed by atoms with van der Waals surface area (Å²) in [6, 6.07) is 10.1. The molecule has 0 unspecified atom stereocenters. The molecule has 25 heavy (non-hydrogen) atoms. The van der Waals surface area contributed by atoms with Crippen molar-refractivity contribution in [3.05, 3.63) is 36.5 Å². The van der Waals surface area contributed by atoms with Crippen molar-refractivity contribution >= 4 is 28.5 Å². The Morgan fingerprint density at radius 3 is 2.48 bits per heavy atom. The van der Waals surface area contributed by atoms with Gasteiger partial charge in [-0.2, -0.15) is 15.1 Å². The van der Waals surface area contributed by atoms with Crippen LogP contribution in [0.5, 0.6) is 0 Å². The fraction of sp³-hybridized carbons (Fsp3) is 0.421. The van der Waals surface area contributed by atoms with Gasteiger partial charge in [-0.3, -0.25) is 4.68 Å². The van der Waals surface area contributed by atoms with Crippen molar-refractivity contribution in [3.8, 4) is 0 Å². The normalized spacial score (nSPS) is 20.8. The first-order valence-electron chi connectivity index (χ1n) is 8.87. The topological polar surface area (TPSA) is 58.9 Å². The summed E-state index contributed by atoms with van der Waals surface area (Å²) in [5, 5.41) is 8.74. The Morgan fingerprint density at radius 2 is 1.76 bits per heavy atom. The van der Waals surface area contributed by atoms with Gasteiger partial charge in [-0.25, -0.2) is 0 Å². The van der Waals surface area contributed by atoms with Gasteiger partial charge in [0, 0.05) is 25.8 Å². The standard InChI is InChI=1S/C19H24N6/c1-13-9-14(2)12-25(11-13)19-22-17(21-15-7-5-4-6-8-15)16-10-20-24(3)18(16)23-19/h4-8,10,13-14H,9,11-12H2,1-3H3,(H,21,22,23)/t13-,14-/m1/s1. The van der Waals surface area contributed by atoms with Gasteiger partial charge in [-0.1, -0.05) is 32.0 Å². The fourth-order valence-electron chi connectivity index (χ4n) is 3.73. The van der Waals surface area contributed by atoms with Crippen molar-refractivity contribution in [1.29, 1.82) is 0 Å². The van der Waals surface area contributed by atoms with Crippen LogP contribution in [0.2, 0.25) is 0 Å². The molecular formula is C19H24N6. The monoisotopic (exact) mass is 336 g/mol. The Bertz CT molecular complexity index is 862. The van der Waals surface area contributed by atoms with Crippen LogP contribution in [0.3, 0.4) is 0 Å². The second kappa shape index (κ2) is 6.35. The zero-order valence-electron chi connectivity index (χ0n) is 15.0. The third-order valence-corrected chi connectivity index (χ3v) is 4.77. The summed E-state index contributed by atoms with van der Waals surface area (Å²) in [6.45, 7) is 6.60. The van der Waals surface area contributed by atoms with E-state index in [0.29, 0.717) is 11.8 Å². The molecule has 1 aliphatic heterocycles. The molecule has 1 saturated heterocycles. The van der Waals surface area contributed by atoms with Crippen LogP contribution in [0, 0.1) is 11.8 Å². The minimum absolute atomic E-state index is 0.653. The lowest BCUT2D eigenvalue weighted by atomic mass is 9.92. The number of rotatable bonds is 3. The lowest BCUT2D eigenvalue weighted by molar-refractivity contribution is 0.354.